The summed E-state index contributed by atoms with van der Waals surface area (Å²) in [5.41, 5.74) is 0.885. The molecule has 3 aliphatic rings. The lowest BCUT2D eigenvalue weighted by atomic mass is 9.69. The molecule has 0 aromatic carbocycles. The number of hydrogen-bond donors (Lipinski definition) is 3. The van der Waals surface area contributed by atoms with Crippen LogP contribution in [0.15, 0.2) is 5.16 Å². The van der Waals surface area contributed by atoms with Crippen molar-refractivity contribution in [2.75, 3.05) is 6.61 Å². The molecule has 3 saturated carbocycles. The van der Waals surface area contributed by atoms with Gasteiger partial charge in [0.15, 0.2) is 0 Å². The molecule has 3 fully saturated rings. The maximum absolute atomic E-state index is 10.4. The van der Waals surface area contributed by atoms with E-state index in [0.29, 0.717) is 18.3 Å². The molecule has 0 radical (unpaired) electrons. The maximum atomic E-state index is 10.4. The molecule has 3 N–H and O–H groups in total. The molecular formula is C18H29NO5. The second kappa shape index (κ2) is 7.83. The predicted molar refractivity (Wildman–Crippen MR) is 88.5 cm³/mol. The fraction of sp³-hybridized carbons (Fsp3) is 0.889. The molecule has 0 aliphatic heterocycles. The molecule has 136 valence electrons. The average molecular weight is 339 g/mol. The number of carboxylic acids is 1. The van der Waals surface area contributed by atoms with Gasteiger partial charge in [0.05, 0.1) is 17.9 Å². The van der Waals surface area contributed by atoms with E-state index in [9.17, 15) is 15.0 Å². The fourth-order valence-electron chi connectivity index (χ4n) is 4.90. The van der Waals surface area contributed by atoms with E-state index in [0.717, 1.165) is 37.8 Å². The van der Waals surface area contributed by atoms with Crippen LogP contribution in [0.4, 0.5) is 0 Å². The highest BCUT2D eigenvalue weighted by Crippen LogP contribution is 2.50. The molecule has 0 aromatic heterocycles. The lowest BCUT2D eigenvalue weighted by Crippen LogP contribution is -2.37. The summed E-state index contributed by atoms with van der Waals surface area (Å²) in [5, 5.41) is 33.3. The zero-order valence-electron chi connectivity index (χ0n) is 14.1. The molecule has 5 atom stereocenters. The molecule has 0 heterocycles. The number of fused-ring (bicyclic) bond motifs is 1. The molecule has 3 rings (SSSR count). The molecule has 0 spiro atoms. The van der Waals surface area contributed by atoms with Crippen molar-refractivity contribution < 1.29 is 25.0 Å². The van der Waals surface area contributed by atoms with Gasteiger partial charge in [-0.3, -0.25) is 0 Å². The summed E-state index contributed by atoms with van der Waals surface area (Å²) < 4.78 is 0. The van der Waals surface area contributed by atoms with Gasteiger partial charge in [0, 0.05) is 5.92 Å². The van der Waals surface area contributed by atoms with Gasteiger partial charge in [-0.1, -0.05) is 24.4 Å². The van der Waals surface area contributed by atoms with Crippen molar-refractivity contribution in [1.82, 2.24) is 0 Å². The van der Waals surface area contributed by atoms with Crippen molar-refractivity contribution in [2.45, 2.75) is 70.0 Å². The molecular weight excluding hydrogens is 310 g/mol. The fourth-order valence-corrected chi connectivity index (χ4v) is 4.90. The monoisotopic (exact) mass is 339 g/mol. The van der Waals surface area contributed by atoms with E-state index in [1.165, 1.54) is 19.3 Å². The maximum Gasteiger partial charge on any atom is 0.344 e. The van der Waals surface area contributed by atoms with Gasteiger partial charge in [-0.2, -0.15) is 0 Å². The molecule has 0 bridgehead atoms. The molecule has 6 nitrogen and oxygen atoms in total. The SMILES string of the molecule is O=C(O)CON=C1CC2C1CC(O)C2CCC(O)C1CCCCC1. The van der Waals surface area contributed by atoms with E-state index in [1.54, 1.807) is 0 Å². The van der Waals surface area contributed by atoms with Gasteiger partial charge in [-0.05, 0) is 56.3 Å². The molecule has 0 saturated heterocycles. The number of hydrogen-bond acceptors (Lipinski definition) is 5. The highest BCUT2D eigenvalue weighted by atomic mass is 16.6. The summed E-state index contributed by atoms with van der Waals surface area (Å²) in [6.07, 6.45) is 8.56. The molecule has 6 heteroatoms. The summed E-state index contributed by atoms with van der Waals surface area (Å²) in [6, 6.07) is 0. The van der Waals surface area contributed by atoms with E-state index in [2.05, 4.69) is 5.16 Å². The number of aliphatic carboxylic acids is 1. The lowest BCUT2D eigenvalue weighted by Gasteiger charge is -2.36. The Morgan fingerprint density at radius 2 is 2.04 bits per heavy atom. The first-order valence-electron chi connectivity index (χ1n) is 9.33. The van der Waals surface area contributed by atoms with Crippen LogP contribution in [0.1, 0.15) is 57.8 Å². The molecule has 24 heavy (non-hydrogen) atoms. The van der Waals surface area contributed by atoms with Crippen LogP contribution >= 0.6 is 0 Å². The Hall–Kier alpha value is -1.14. The molecule has 0 amide bonds. The second-order valence-corrected chi connectivity index (χ2v) is 7.73. The number of carbonyl (C=O) groups is 1. The van der Waals surface area contributed by atoms with E-state index < -0.39 is 12.6 Å². The summed E-state index contributed by atoms with van der Waals surface area (Å²) in [4.78, 5) is 15.3. The normalized spacial score (nSPS) is 36.2. The summed E-state index contributed by atoms with van der Waals surface area (Å²) >= 11 is 0. The van der Waals surface area contributed by atoms with E-state index in [4.69, 9.17) is 9.94 Å². The second-order valence-electron chi connectivity index (χ2n) is 7.73. The van der Waals surface area contributed by atoms with Crippen LogP contribution in [-0.4, -0.2) is 45.8 Å². The van der Waals surface area contributed by atoms with Crippen LogP contribution in [-0.2, 0) is 9.63 Å². The summed E-state index contributed by atoms with van der Waals surface area (Å²) in [6.45, 7) is -0.416. The summed E-state index contributed by atoms with van der Waals surface area (Å²) in [5.74, 6) is 0.273. The van der Waals surface area contributed by atoms with Crippen molar-refractivity contribution in [1.29, 1.82) is 0 Å². The van der Waals surface area contributed by atoms with Crippen molar-refractivity contribution in [2.24, 2.45) is 28.8 Å². The zero-order valence-corrected chi connectivity index (χ0v) is 14.1. The first-order chi connectivity index (χ1) is 11.6. The predicted octanol–water partition coefficient (Wildman–Crippen LogP) is 2.18. The quantitative estimate of drug-likeness (QED) is 0.617. The number of aliphatic hydroxyl groups excluding tert-OH is 2. The van der Waals surface area contributed by atoms with Gasteiger partial charge >= 0.3 is 5.97 Å². The van der Waals surface area contributed by atoms with Gasteiger partial charge in [-0.25, -0.2) is 4.79 Å². The van der Waals surface area contributed by atoms with Crippen LogP contribution in [0.5, 0.6) is 0 Å². The van der Waals surface area contributed by atoms with Gasteiger partial charge in [0.2, 0.25) is 6.61 Å². The highest BCUT2D eigenvalue weighted by Gasteiger charge is 2.51. The van der Waals surface area contributed by atoms with E-state index >= 15 is 0 Å². The van der Waals surface area contributed by atoms with Crippen LogP contribution in [0, 0.1) is 23.7 Å². The van der Waals surface area contributed by atoms with Crippen molar-refractivity contribution >= 4 is 11.7 Å². The Morgan fingerprint density at radius 1 is 1.29 bits per heavy atom. The van der Waals surface area contributed by atoms with Crippen LogP contribution in [0.3, 0.4) is 0 Å². The number of nitrogens with zero attached hydrogens (tertiary/aromatic N) is 1. The first kappa shape index (κ1) is 17.7. The van der Waals surface area contributed by atoms with Gasteiger partial charge in [-0.15, -0.1) is 0 Å². The Kier molecular flexibility index (Phi) is 5.76. The first-order valence-corrected chi connectivity index (χ1v) is 9.33. The highest BCUT2D eigenvalue weighted by molar-refractivity contribution is 5.93. The van der Waals surface area contributed by atoms with Crippen molar-refractivity contribution in [3.8, 4) is 0 Å². The Morgan fingerprint density at radius 3 is 2.75 bits per heavy atom. The third-order valence-corrected chi connectivity index (χ3v) is 6.29. The Labute approximate surface area is 142 Å². The van der Waals surface area contributed by atoms with Gasteiger partial charge < -0.3 is 20.2 Å². The Balaban J connectivity index is 1.45. The van der Waals surface area contributed by atoms with Gasteiger partial charge in [0.1, 0.15) is 0 Å². The third-order valence-electron chi connectivity index (χ3n) is 6.29. The van der Waals surface area contributed by atoms with E-state index in [-0.39, 0.29) is 24.0 Å². The number of carboxylic acid groups (broad SMARTS) is 1. The van der Waals surface area contributed by atoms with Crippen LogP contribution < -0.4 is 0 Å². The van der Waals surface area contributed by atoms with Crippen molar-refractivity contribution in [3.05, 3.63) is 0 Å². The summed E-state index contributed by atoms with van der Waals surface area (Å²) in [7, 11) is 0. The number of aliphatic hydroxyl groups is 2. The number of oxime groups is 1. The molecule has 5 unspecified atom stereocenters. The minimum atomic E-state index is -1.03. The average Bonchev–Trinajstić information content (AvgIpc) is 2.81. The third kappa shape index (κ3) is 3.91. The lowest BCUT2D eigenvalue weighted by molar-refractivity contribution is -0.142. The standard InChI is InChI=1S/C18H29NO5/c20-16(11-4-2-1-3-5-11)7-6-12-13-8-15(14(13)9-17(12)21)19-24-10-18(22)23/h11-14,16-17,20-21H,1-10H2,(H,22,23). The topological polar surface area (TPSA) is 99.4 Å². The van der Waals surface area contributed by atoms with E-state index in [1.807, 2.05) is 0 Å². The smallest absolute Gasteiger partial charge is 0.344 e. The number of rotatable bonds is 7. The van der Waals surface area contributed by atoms with Crippen LogP contribution in [0.2, 0.25) is 0 Å². The van der Waals surface area contributed by atoms with Crippen molar-refractivity contribution in [3.63, 3.8) is 0 Å². The molecule has 0 aromatic rings. The zero-order chi connectivity index (χ0) is 17.1. The van der Waals surface area contributed by atoms with Crippen LogP contribution in [0.25, 0.3) is 0 Å². The Bertz CT molecular complexity index is 474. The minimum Gasteiger partial charge on any atom is -0.479 e. The molecule has 3 aliphatic carbocycles. The largest absolute Gasteiger partial charge is 0.479 e. The van der Waals surface area contributed by atoms with Gasteiger partial charge in [0.25, 0.3) is 0 Å². The minimum absolute atomic E-state index is 0.227.